The molecule has 4 rings (SSSR count). The standard InChI is InChI=1S/C19H15ClN4O4S.C6H13N.CH4/c1-29(28)12-5-6-13(15(25)9-12)18(26)23-14-3-2-8-21-17(14)19(27)24-16-7-4-11(20)10-22-16;7-6-4-2-1-3-5-6;/h2-10,25H,1H3,(H,23,26)(H,22,24,27);6H,1-5,7H2;1H4. The first-order valence-electron chi connectivity index (χ1n) is 11.4. The molecule has 198 valence electrons. The highest BCUT2D eigenvalue weighted by Gasteiger charge is 2.18. The summed E-state index contributed by atoms with van der Waals surface area (Å²) in [5, 5.41) is 15.6. The Balaban J connectivity index is 0.000000520. The summed E-state index contributed by atoms with van der Waals surface area (Å²) in [6.45, 7) is 0. The number of aromatic hydroxyl groups is 1. The summed E-state index contributed by atoms with van der Waals surface area (Å²) in [6, 6.07) is 10.8. The van der Waals surface area contributed by atoms with Crippen LogP contribution >= 0.6 is 11.6 Å². The molecule has 5 N–H and O–H groups in total. The second kappa shape index (κ2) is 14.4. The SMILES string of the molecule is C.CS(=O)c1ccc(C(=O)Nc2cccnc2C(=O)Nc2ccc(Cl)cn2)c(O)c1.NC1CCCCC1. The predicted octanol–water partition coefficient (Wildman–Crippen LogP) is 4.99. The van der Waals surface area contributed by atoms with Gasteiger partial charge in [0.15, 0.2) is 5.69 Å². The number of anilines is 2. The van der Waals surface area contributed by atoms with Gasteiger partial charge in [0.05, 0.1) is 16.3 Å². The molecular formula is C26H32ClN5O4S. The van der Waals surface area contributed by atoms with Crippen LogP contribution in [0.1, 0.15) is 60.4 Å². The summed E-state index contributed by atoms with van der Waals surface area (Å²) < 4.78 is 11.5. The third-order valence-corrected chi connectivity index (χ3v) is 6.58. The first-order valence-corrected chi connectivity index (χ1v) is 13.3. The lowest BCUT2D eigenvalue weighted by atomic mass is 9.97. The van der Waals surface area contributed by atoms with E-state index in [0.29, 0.717) is 16.0 Å². The van der Waals surface area contributed by atoms with E-state index in [1.54, 1.807) is 12.1 Å². The number of amides is 2. The minimum atomic E-state index is -1.30. The van der Waals surface area contributed by atoms with Gasteiger partial charge in [-0.05, 0) is 55.3 Å². The van der Waals surface area contributed by atoms with Crippen LogP contribution in [0, 0.1) is 0 Å². The molecule has 0 saturated heterocycles. The largest absolute Gasteiger partial charge is 0.507 e. The number of hydrogen-bond acceptors (Lipinski definition) is 7. The number of carbonyl (C=O) groups is 2. The maximum absolute atomic E-state index is 12.6. The van der Waals surface area contributed by atoms with Crippen molar-refractivity contribution in [2.24, 2.45) is 5.73 Å². The first-order chi connectivity index (χ1) is 17.2. The minimum Gasteiger partial charge on any atom is -0.507 e. The molecule has 1 aromatic carbocycles. The van der Waals surface area contributed by atoms with Gasteiger partial charge >= 0.3 is 0 Å². The molecule has 2 heterocycles. The van der Waals surface area contributed by atoms with E-state index < -0.39 is 22.6 Å². The number of pyridine rings is 2. The normalized spacial score (nSPS) is 13.8. The van der Waals surface area contributed by atoms with E-state index in [-0.39, 0.29) is 35.9 Å². The Hall–Kier alpha value is -3.34. The third kappa shape index (κ3) is 8.92. The number of nitrogens with one attached hydrogen (secondary N) is 2. The van der Waals surface area contributed by atoms with Crippen LogP contribution in [0.15, 0.2) is 59.8 Å². The van der Waals surface area contributed by atoms with E-state index in [0.717, 1.165) is 0 Å². The molecule has 9 nitrogen and oxygen atoms in total. The summed E-state index contributed by atoms with van der Waals surface area (Å²) in [6.07, 6.45) is 10.9. The van der Waals surface area contributed by atoms with Crippen molar-refractivity contribution >= 4 is 45.7 Å². The summed E-state index contributed by atoms with van der Waals surface area (Å²) in [7, 11) is -1.30. The highest BCUT2D eigenvalue weighted by atomic mass is 35.5. The lowest BCUT2D eigenvalue weighted by molar-refractivity contribution is 0.102. The molecule has 0 radical (unpaired) electrons. The lowest BCUT2D eigenvalue weighted by Gasteiger charge is -2.15. The molecule has 1 saturated carbocycles. The van der Waals surface area contributed by atoms with Crippen molar-refractivity contribution in [3.05, 3.63) is 71.1 Å². The van der Waals surface area contributed by atoms with Crippen molar-refractivity contribution in [2.75, 3.05) is 16.9 Å². The average Bonchev–Trinajstić information content (AvgIpc) is 2.86. The summed E-state index contributed by atoms with van der Waals surface area (Å²) in [5.74, 6) is -1.29. The first kappa shape index (κ1) is 29.9. The van der Waals surface area contributed by atoms with Gasteiger partial charge in [-0.25, -0.2) is 9.97 Å². The van der Waals surface area contributed by atoms with Gasteiger partial charge in [0.25, 0.3) is 11.8 Å². The second-order valence-electron chi connectivity index (χ2n) is 8.20. The molecule has 1 atom stereocenters. The quantitative estimate of drug-likeness (QED) is 0.353. The van der Waals surface area contributed by atoms with Gasteiger partial charge in [0.2, 0.25) is 0 Å². The number of phenolic OH excluding ortho intramolecular Hbond substituents is 1. The molecule has 3 aromatic rings. The molecule has 1 aliphatic rings. The zero-order valence-corrected chi connectivity index (χ0v) is 21.3. The van der Waals surface area contributed by atoms with E-state index in [9.17, 15) is 18.9 Å². The van der Waals surface area contributed by atoms with Gasteiger partial charge in [-0.1, -0.05) is 38.3 Å². The molecule has 2 aromatic heterocycles. The molecule has 0 spiro atoms. The van der Waals surface area contributed by atoms with E-state index in [2.05, 4.69) is 20.6 Å². The second-order valence-corrected chi connectivity index (χ2v) is 10.0. The monoisotopic (exact) mass is 545 g/mol. The summed E-state index contributed by atoms with van der Waals surface area (Å²) >= 11 is 5.77. The fraction of sp³-hybridized carbons (Fsp3) is 0.308. The number of nitrogens with two attached hydrogens (primary N) is 1. The van der Waals surface area contributed by atoms with E-state index in [4.69, 9.17) is 17.3 Å². The van der Waals surface area contributed by atoms with Crippen molar-refractivity contribution in [2.45, 2.75) is 50.5 Å². The fourth-order valence-electron chi connectivity index (χ4n) is 3.52. The number of rotatable bonds is 5. The molecule has 1 fully saturated rings. The molecule has 0 bridgehead atoms. The van der Waals surface area contributed by atoms with Crippen LogP contribution in [0.2, 0.25) is 5.02 Å². The van der Waals surface area contributed by atoms with Crippen LogP contribution in [0.4, 0.5) is 11.5 Å². The topological polar surface area (TPSA) is 147 Å². The fourth-order valence-corrected chi connectivity index (χ4v) is 4.17. The number of hydrogen-bond donors (Lipinski definition) is 4. The number of halogens is 1. The van der Waals surface area contributed by atoms with Gasteiger partial charge in [0, 0.05) is 40.4 Å². The Morgan fingerprint density at radius 3 is 2.35 bits per heavy atom. The summed E-state index contributed by atoms with van der Waals surface area (Å²) in [4.78, 5) is 33.5. The third-order valence-electron chi connectivity index (χ3n) is 5.44. The number of benzene rings is 1. The van der Waals surface area contributed by atoms with Crippen molar-refractivity contribution in [3.8, 4) is 5.75 Å². The van der Waals surface area contributed by atoms with Gasteiger partial charge in [-0.3, -0.25) is 13.8 Å². The molecule has 37 heavy (non-hydrogen) atoms. The molecule has 1 aliphatic carbocycles. The van der Waals surface area contributed by atoms with Crippen molar-refractivity contribution in [1.82, 2.24) is 9.97 Å². The van der Waals surface area contributed by atoms with Crippen LogP contribution in [-0.2, 0) is 10.8 Å². The van der Waals surface area contributed by atoms with Crippen LogP contribution in [0.5, 0.6) is 5.75 Å². The van der Waals surface area contributed by atoms with E-state index in [1.807, 2.05) is 0 Å². The maximum Gasteiger partial charge on any atom is 0.277 e. The Morgan fingerprint density at radius 1 is 1.05 bits per heavy atom. The zero-order chi connectivity index (χ0) is 26.1. The van der Waals surface area contributed by atoms with Crippen LogP contribution in [0.3, 0.4) is 0 Å². The van der Waals surface area contributed by atoms with Crippen LogP contribution < -0.4 is 16.4 Å². The zero-order valence-electron chi connectivity index (χ0n) is 19.7. The molecule has 11 heteroatoms. The van der Waals surface area contributed by atoms with Gasteiger partial charge < -0.3 is 21.5 Å². The Kier molecular flexibility index (Phi) is 11.6. The number of phenols is 1. The number of nitrogens with zero attached hydrogens (tertiary/aromatic N) is 2. The lowest BCUT2D eigenvalue weighted by Crippen LogP contribution is -2.22. The highest BCUT2D eigenvalue weighted by molar-refractivity contribution is 7.84. The van der Waals surface area contributed by atoms with Gasteiger partial charge in [0.1, 0.15) is 11.6 Å². The highest BCUT2D eigenvalue weighted by Crippen LogP contribution is 2.23. The van der Waals surface area contributed by atoms with Crippen molar-refractivity contribution in [1.29, 1.82) is 0 Å². The Labute approximate surface area is 224 Å². The molecule has 0 aliphatic heterocycles. The molecular weight excluding hydrogens is 514 g/mol. The molecule has 2 amide bonds. The summed E-state index contributed by atoms with van der Waals surface area (Å²) in [5.41, 5.74) is 5.71. The molecule has 1 unspecified atom stereocenters. The Morgan fingerprint density at radius 2 is 1.78 bits per heavy atom. The van der Waals surface area contributed by atoms with E-state index >= 15 is 0 Å². The number of aromatic nitrogens is 2. The van der Waals surface area contributed by atoms with Gasteiger partial charge in [-0.15, -0.1) is 0 Å². The van der Waals surface area contributed by atoms with Gasteiger partial charge in [-0.2, -0.15) is 0 Å². The van der Waals surface area contributed by atoms with Crippen LogP contribution in [0.25, 0.3) is 0 Å². The Bertz CT molecular complexity index is 1230. The number of carbonyl (C=O) groups excluding carboxylic acids is 2. The maximum atomic E-state index is 12.6. The predicted molar refractivity (Wildman–Crippen MR) is 148 cm³/mol. The van der Waals surface area contributed by atoms with Crippen LogP contribution in [-0.4, -0.2) is 43.4 Å². The van der Waals surface area contributed by atoms with E-state index in [1.165, 1.54) is 81.1 Å². The smallest absolute Gasteiger partial charge is 0.277 e. The van der Waals surface area contributed by atoms with Crippen molar-refractivity contribution in [3.63, 3.8) is 0 Å². The minimum absolute atomic E-state index is 0. The van der Waals surface area contributed by atoms with Crippen molar-refractivity contribution < 1.29 is 18.9 Å². The average molecular weight is 546 g/mol.